The van der Waals surface area contributed by atoms with Crippen molar-refractivity contribution in [2.75, 3.05) is 20.6 Å². The highest BCUT2D eigenvalue weighted by atomic mass is 35.5. The van der Waals surface area contributed by atoms with Crippen LogP contribution in [0, 0.1) is 5.82 Å². The molecule has 0 spiro atoms. The summed E-state index contributed by atoms with van der Waals surface area (Å²) in [6.07, 6.45) is 3.96. The summed E-state index contributed by atoms with van der Waals surface area (Å²) in [4.78, 5) is 13.6. The summed E-state index contributed by atoms with van der Waals surface area (Å²) in [6.45, 7) is 2.45. The van der Waals surface area contributed by atoms with Crippen LogP contribution >= 0.6 is 11.6 Å². The maximum atomic E-state index is 13.7. The third-order valence-corrected chi connectivity index (χ3v) is 4.55. The molecule has 3 rings (SSSR count). The van der Waals surface area contributed by atoms with Gasteiger partial charge in [0.05, 0.1) is 16.8 Å². The van der Waals surface area contributed by atoms with Gasteiger partial charge in [-0.15, -0.1) is 0 Å². The minimum atomic E-state index is -0.367. The highest BCUT2D eigenvalue weighted by Crippen LogP contribution is 2.31. The zero-order chi connectivity index (χ0) is 17.1. The molecule has 128 valence electrons. The second-order valence-electron chi connectivity index (χ2n) is 6.52. The van der Waals surface area contributed by atoms with E-state index in [9.17, 15) is 4.39 Å². The third kappa shape index (κ3) is 4.09. The number of aromatic nitrogens is 2. The molecule has 1 unspecified atom stereocenters. The molecule has 1 fully saturated rings. The van der Waals surface area contributed by atoms with Gasteiger partial charge < -0.3 is 4.90 Å². The van der Waals surface area contributed by atoms with E-state index >= 15 is 0 Å². The van der Waals surface area contributed by atoms with Crippen LogP contribution < -0.4 is 0 Å². The van der Waals surface area contributed by atoms with Crippen molar-refractivity contribution in [2.45, 2.75) is 32.0 Å². The topological polar surface area (TPSA) is 32.3 Å². The van der Waals surface area contributed by atoms with E-state index in [-0.39, 0.29) is 16.9 Å². The van der Waals surface area contributed by atoms with Crippen molar-refractivity contribution in [3.05, 3.63) is 58.4 Å². The predicted molar refractivity (Wildman–Crippen MR) is 93.2 cm³/mol. The molecule has 0 amide bonds. The molecule has 0 N–H and O–H groups in total. The molecule has 1 aliphatic heterocycles. The van der Waals surface area contributed by atoms with Crippen LogP contribution in [-0.4, -0.2) is 40.4 Å². The van der Waals surface area contributed by atoms with Gasteiger partial charge in [-0.05, 0) is 57.2 Å². The molecule has 6 heteroatoms. The van der Waals surface area contributed by atoms with E-state index < -0.39 is 0 Å². The van der Waals surface area contributed by atoms with E-state index in [0.717, 1.165) is 43.0 Å². The first kappa shape index (κ1) is 17.3. The Kier molecular flexibility index (Phi) is 5.43. The van der Waals surface area contributed by atoms with Crippen LogP contribution in [0.25, 0.3) is 0 Å². The summed E-state index contributed by atoms with van der Waals surface area (Å²) in [5.74, 6) is 0.496. The minimum absolute atomic E-state index is 0.163. The van der Waals surface area contributed by atoms with Crippen LogP contribution in [-0.2, 0) is 13.1 Å². The second kappa shape index (κ2) is 7.55. The van der Waals surface area contributed by atoms with Gasteiger partial charge in [-0.2, -0.15) is 0 Å². The normalized spacial score (nSPS) is 18.5. The van der Waals surface area contributed by atoms with Gasteiger partial charge >= 0.3 is 0 Å². The van der Waals surface area contributed by atoms with Crippen LogP contribution in [0.15, 0.2) is 30.5 Å². The van der Waals surface area contributed by atoms with E-state index in [0.29, 0.717) is 6.54 Å². The summed E-state index contributed by atoms with van der Waals surface area (Å²) in [5.41, 5.74) is 1.95. The van der Waals surface area contributed by atoms with E-state index in [1.807, 2.05) is 32.4 Å². The van der Waals surface area contributed by atoms with Crippen LogP contribution in [0.4, 0.5) is 4.39 Å². The van der Waals surface area contributed by atoms with E-state index in [1.54, 1.807) is 6.07 Å². The van der Waals surface area contributed by atoms with Crippen molar-refractivity contribution in [3.8, 4) is 0 Å². The number of rotatable bonds is 5. The van der Waals surface area contributed by atoms with Gasteiger partial charge in [0.25, 0.3) is 0 Å². The Balaban J connectivity index is 1.76. The number of halogens is 2. The smallest absolute Gasteiger partial charge is 0.145 e. The van der Waals surface area contributed by atoms with E-state index in [4.69, 9.17) is 16.6 Å². The van der Waals surface area contributed by atoms with E-state index in [2.05, 4.69) is 14.8 Å². The molecule has 1 aliphatic rings. The summed E-state index contributed by atoms with van der Waals surface area (Å²) in [7, 11) is 4.05. The quantitative estimate of drug-likeness (QED) is 0.825. The van der Waals surface area contributed by atoms with Gasteiger partial charge in [-0.1, -0.05) is 17.7 Å². The second-order valence-corrected chi connectivity index (χ2v) is 6.93. The molecule has 2 aromatic rings. The lowest BCUT2D eigenvalue weighted by Crippen LogP contribution is -2.25. The minimum Gasteiger partial charge on any atom is -0.304 e. The number of benzene rings is 1. The molecule has 0 aliphatic carbocycles. The summed E-state index contributed by atoms with van der Waals surface area (Å²) < 4.78 is 13.7. The van der Waals surface area contributed by atoms with Crippen LogP contribution in [0.3, 0.4) is 0 Å². The predicted octanol–water partition coefficient (Wildman–Crippen LogP) is 3.67. The van der Waals surface area contributed by atoms with Crippen molar-refractivity contribution in [1.29, 1.82) is 0 Å². The summed E-state index contributed by atoms with van der Waals surface area (Å²) >= 11 is 5.77. The van der Waals surface area contributed by atoms with Gasteiger partial charge in [0.15, 0.2) is 0 Å². The standard InChI is InChI=1S/C18H22ClFN4/c1-23(2)12-14-7-8-21-18(22-14)17-4-3-9-24(17)11-13-5-6-15(19)16(20)10-13/h5-8,10,17H,3-4,9,11-12H2,1-2H3. The maximum absolute atomic E-state index is 13.7. The first-order chi connectivity index (χ1) is 11.5. The average Bonchev–Trinajstić information content (AvgIpc) is 2.99. The molecule has 1 atom stereocenters. The van der Waals surface area contributed by atoms with Crippen molar-refractivity contribution in [1.82, 2.24) is 19.8 Å². The molecule has 1 aromatic carbocycles. The number of nitrogens with zero attached hydrogens (tertiary/aromatic N) is 4. The van der Waals surface area contributed by atoms with Crippen molar-refractivity contribution in [3.63, 3.8) is 0 Å². The first-order valence-electron chi connectivity index (χ1n) is 8.17. The molecule has 1 aromatic heterocycles. The van der Waals surface area contributed by atoms with Gasteiger partial charge in [0, 0.05) is 19.3 Å². The largest absolute Gasteiger partial charge is 0.304 e. The van der Waals surface area contributed by atoms with Gasteiger partial charge in [-0.3, -0.25) is 4.90 Å². The van der Waals surface area contributed by atoms with Crippen LogP contribution in [0.2, 0.25) is 5.02 Å². The summed E-state index contributed by atoms with van der Waals surface area (Å²) in [5, 5.41) is 0.163. The maximum Gasteiger partial charge on any atom is 0.145 e. The zero-order valence-corrected chi connectivity index (χ0v) is 14.8. The molecule has 2 heterocycles. The number of likely N-dealkylation sites (tertiary alicyclic amines) is 1. The molecule has 0 radical (unpaired) electrons. The number of hydrogen-bond acceptors (Lipinski definition) is 4. The fraction of sp³-hybridized carbons (Fsp3) is 0.444. The molecule has 24 heavy (non-hydrogen) atoms. The summed E-state index contributed by atoms with van der Waals surface area (Å²) in [6, 6.07) is 7.15. The highest BCUT2D eigenvalue weighted by molar-refractivity contribution is 6.30. The van der Waals surface area contributed by atoms with Crippen molar-refractivity contribution in [2.24, 2.45) is 0 Å². The lowest BCUT2D eigenvalue weighted by atomic mass is 10.1. The monoisotopic (exact) mass is 348 g/mol. The van der Waals surface area contributed by atoms with Crippen LogP contribution in [0.5, 0.6) is 0 Å². The Bertz CT molecular complexity index is 707. The van der Waals surface area contributed by atoms with Gasteiger partial charge in [-0.25, -0.2) is 14.4 Å². The molecule has 4 nitrogen and oxygen atoms in total. The molecular weight excluding hydrogens is 327 g/mol. The van der Waals surface area contributed by atoms with E-state index in [1.165, 1.54) is 6.07 Å². The molecule has 1 saturated heterocycles. The SMILES string of the molecule is CN(C)Cc1ccnc(C2CCCN2Cc2ccc(Cl)c(F)c2)n1. The molecular formula is C18H22ClFN4. The Labute approximate surface area is 147 Å². The fourth-order valence-electron chi connectivity index (χ4n) is 3.17. The Morgan fingerprint density at radius 3 is 2.92 bits per heavy atom. The number of hydrogen-bond donors (Lipinski definition) is 0. The zero-order valence-electron chi connectivity index (χ0n) is 14.0. The van der Waals surface area contributed by atoms with Crippen molar-refractivity contribution >= 4 is 11.6 Å². The van der Waals surface area contributed by atoms with Gasteiger partial charge in [0.2, 0.25) is 0 Å². The lowest BCUT2D eigenvalue weighted by Gasteiger charge is -2.24. The Hall–Kier alpha value is -1.56. The molecule has 0 bridgehead atoms. The van der Waals surface area contributed by atoms with Crippen LogP contribution in [0.1, 0.15) is 36.0 Å². The molecule has 0 saturated carbocycles. The average molecular weight is 349 g/mol. The Morgan fingerprint density at radius 1 is 1.33 bits per heavy atom. The lowest BCUT2D eigenvalue weighted by molar-refractivity contribution is 0.238. The highest BCUT2D eigenvalue weighted by Gasteiger charge is 2.28. The van der Waals surface area contributed by atoms with Crippen molar-refractivity contribution < 1.29 is 4.39 Å². The fourth-order valence-corrected chi connectivity index (χ4v) is 3.28. The van der Waals surface area contributed by atoms with Gasteiger partial charge in [0.1, 0.15) is 11.6 Å². The first-order valence-corrected chi connectivity index (χ1v) is 8.55. The Morgan fingerprint density at radius 2 is 2.17 bits per heavy atom. The third-order valence-electron chi connectivity index (χ3n) is 4.24.